The van der Waals surface area contributed by atoms with Gasteiger partial charge in [-0.3, -0.25) is 14.0 Å². The predicted octanol–water partition coefficient (Wildman–Crippen LogP) is 3.05. The standard InChI is InChI=1S/C21H21Cl2N7O/c1-28-20(31)14-11(10-4-5-12-15(16(10)22)18(23)29(2)27-12)7-25-19(14)26-21(28)30-8-9-3-6-13(30)17(9)24/h4-5,7,9,13,17,25H,3,6,8,24H2,1-2H3/t9?,13-,17-/m1/s1. The maximum Gasteiger partial charge on any atom is 0.264 e. The van der Waals surface area contributed by atoms with Crippen LogP contribution in [0.3, 0.4) is 0 Å². The highest BCUT2D eigenvalue weighted by Gasteiger charge is 2.46. The lowest BCUT2D eigenvalue weighted by Gasteiger charge is -2.29. The molecular weight excluding hydrogens is 437 g/mol. The molecule has 8 nitrogen and oxygen atoms in total. The Bertz CT molecular complexity index is 1440. The molecule has 0 spiro atoms. The van der Waals surface area contributed by atoms with Crippen LogP contribution < -0.4 is 16.2 Å². The van der Waals surface area contributed by atoms with Crippen molar-refractivity contribution in [1.82, 2.24) is 24.3 Å². The Labute approximate surface area is 187 Å². The monoisotopic (exact) mass is 457 g/mol. The van der Waals surface area contributed by atoms with Gasteiger partial charge in [0.1, 0.15) is 10.8 Å². The Hall–Kier alpha value is -2.55. The summed E-state index contributed by atoms with van der Waals surface area (Å²) < 4.78 is 3.20. The number of rotatable bonds is 2. The Morgan fingerprint density at radius 1 is 1.16 bits per heavy atom. The summed E-state index contributed by atoms with van der Waals surface area (Å²) in [6, 6.07) is 4.10. The molecule has 31 heavy (non-hydrogen) atoms. The van der Waals surface area contributed by atoms with Gasteiger partial charge in [0, 0.05) is 50.0 Å². The molecule has 3 aromatic heterocycles. The number of aromatic amines is 1. The maximum absolute atomic E-state index is 13.5. The van der Waals surface area contributed by atoms with E-state index >= 15 is 0 Å². The first kappa shape index (κ1) is 19.2. The van der Waals surface area contributed by atoms with Crippen LogP contribution in [0.4, 0.5) is 5.95 Å². The highest BCUT2D eigenvalue weighted by molar-refractivity contribution is 6.43. The lowest BCUT2D eigenvalue weighted by molar-refractivity contribution is 0.530. The first-order valence-corrected chi connectivity index (χ1v) is 11.0. The van der Waals surface area contributed by atoms with Crippen LogP contribution in [-0.4, -0.2) is 42.9 Å². The Kier molecular flexibility index (Phi) is 4.00. The molecular formula is C21H21Cl2N7O. The van der Waals surface area contributed by atoms with Gasteiger partial charge in [-0.25, -0.2) is 0 Å². The van der Waals surface area contributed by atoms with Gasteiger partial charge < -0.3 is 15.6 Å². The number of nitrogens with two attached hydrogens (primary N) is 1. The van der Waals surface area contributed by atoms with Gasteiger partial charge in [0.2, 0.25) is 5.95 Å². The van der Waals surface area contributed by atoms with Gasteiger partial charge in [-0.2, -0.15) is 10.1 Å². The highest BCUT2D eigenvalue weighted by Crippen LogP contribution is 2.41. The second-order valence-electron chi connectivity index (χ2n) is 8.57. The number of nitrogens with zero attached hydrogens (tertiary/aromatic N) is 5. The van der Waals surface area contributed by atoms with E-state index in [4.69, 9.17) is 33.9 Å². The lowest BCUT2D eigenvalue weighted by Crippen LogP contribution is -2.40. The molecule has 0 amide bonds. The fraction of sp³-hybridized carbons (Fsp3) is 0.381. The van der Waals surface area contributed by atoms with Gasteiger partial charge >= 0.3 is 0 Å². The minimum atomic E-state index is -0.124. The summed E-state index contributed by atoms with van der Waals surface area (Å²) in [4.78, 5) is 23.6. The van der Waals surface area contributed by atoms with Crippen molar-refractivity contribution in [1.29, 1.82) is 0 Å². The van der Waals surface area contributed by atoms with Crippen LogP contribution in [0.2, 0.25) is 10.2 Å². The number of halogens is 2. The number of benzene rings is 1. The average Bonchev–Trinajstić information content (AvgIpc) is 3.48. The van der Waals surface area contributed by atoms with E-state index < -0.39 is 0 Å². The van der Waals surface area contributed by atoms with Crippen LogP contribution in [0.25, 0.3) is 33.1 Å². The maximum atomic E-state index is 13.5. The van der Waals surface area contributed by atoms with E-state index in [0.717, 1.165) is 19.4 Å². The van der Waals surface area contributed by atoms with Gasteiger partial charge in [0.15, 0.2) is 0 Å². The molecule has 1 aliphatic heterocycles. The first-order valence-electron chi connectivity index (χ1n) is 10.3. The summed E-state index contributed by atoms with van der Waals surface area (Å²) in [6.45, 7) is 0.840. The number of hydrogen-bond acceptors (Lipinski definition) is 5. The van der Waals surface area contributed by atoms with Crippen molar-refractivity contribution in [3.8, 4) is 11.1 Å². The number of H-pyrrole nitrogens is 1. The molecule has 4 aromatic rings. The van der Waals surface area contributed by atoms with Crippen molar-refractivity contribution in [3.63, 3.8) is 0 Å². The second-order valence-corrected chi connectivity index (χ2v) is 9.31. The number of fused-ring (bicyclic) bond motifs is 4. The van der Waals surface area contributed by atoms with Crippen molar-refractivity contribution in [2.75, 3.05) is 11.4 Å². The van der Waals surface area contributed by atoms with Gasteiger partial charge in [-0.1, -0.05) is 29.3 Å². The highest BCUT2D eigenvalue weighted by atomic mass is 35.5. The molecule has 1 aliphatic carbocycles. The van der Waals surface area contributed by atoms with Crippen LogP contribution in [0, 0.1) is 5.92 Å². The number of piperidine rings is 1. The van der Waals surface area contributed by atoms with Gasteiger partial charge in [0.25, 0.3) is 5.56 Å². The SMILES string of the molecule is Cn1nc2ccc(-c3c[nH]c4nc(N5CC6CC[C@@H]5[C@@H]6N)n(C)c(=O)c34)c(Cl)c2c1Cl. The van der Waals surface area contributed by atoms with Crippen molar-refractivity contribution >= 4 is 51.1 Å². The number of aromatic nitrogens is 5. The second kappa shape index (κ2) is 6.48. The van der Waals surface area contributed by atoms with E-state index in [1.165, 1.54) is 0 Å². The van der Waals surface area contributed by atoms with Crippen LogP contribution in [0.5, 0.6) is 0 Å². The van der Waals surface area contributed by atoms with Crippen LogP contribution in [0.1, 0.15) is 12.8 Å². The Morgan fingerprint density at radius 3 is 2.68 bits per heavy atom. The molecule has 3 N–H and O–H groups in total. The van der Waals surface area contributed by atoms with Crippen molar-refractivity contribution in [3.05, 3.63) is 38.9 Å². The largest absolute Gasteiger partial charge is 0.345 e. The smallest absolute Gasteiger partial charge is 0.264 e. The summed E-state index contributed by atoms with van der Waals surface area (Å²) in [5.41, 5.74) is 8.90. The van der Waals surface area contributed by atoms with Gasteiger partial charge in [-0.05, 0) is 24.8 Å². The Balaban J connectivity index is 1.54. The molecule has 10 heteroatoms. The minimum Gasteiger partial charge on any atom is -0.345 e. The minimum absolute atomic E-state index is 0.124. The van der Waals surface area contributed by atoms with E-state index in [9.17, 15) is 4.79 Å². The molecule has 160 valence electrons. The number of hydrogen-bond donors (Lipinski definition) is 2. The molecule has 2 aliphatic rings. The van der Waals surface area contributed by atoms with Crippen molar-refractivity contribution in [2.24, 2.45) is 25.7 Å². The molecule has 0 radical (unpaired) electrons. The van der Waals surface area contributed by atoms with Crippen molar-refractivity contribution < 1.29 is 0 Å². The number of nitrogens with one attached hydrogen (secondary N) is 1. The fourth-order valence-corrected chi connectivity index (χ4v) is 5.95. The van der Waals surface area contributed by atoms with Crippen molar-refractivity contribution in [2.45, 2.75) is 24.9 Å². The summed E-state index contributed by atoms with van der Waals surface area (Å²) >= 11 is 13.1. The van der Waals surface area contributed by atoms with Gasteiger partial charge in [-0.15, -0.1) is 0 Å². The quantitative estimate of drug-likeness (QED) is 0.481. The zero-order valence-electron chi connectivity index (χ0n) is 17.1. The van der Waals surface area contributed by atoms with Crippen LogP contribution >= 0.6 is 23.2 Å². The van der Waals surface area contributed by atoms with E-state index in [1.54, 1.807) is 29.5 Å². The normalized spacial score (nSPS) is 23.0. The summed E-state index contributed by atoms with van der Waals surface area (Å²) in [5.74, 6) is 1.12. The lowest BCUT2D eigenvalue weighted by atomic mass is 10.0. The molecule has 1 unspecified atom stereocenters. The fourth-order valence-electron chi connectivity index (χ4n) is 5.32. The Morgan fingerprint density at radius 2 is 1.97 bits per heavy atom. The van der Waals surface area contributed by atoms with Crippen LogP contribution in [-0.2, 0) is 14.1 Å². The number of anilines is 1. The molecule has 4 heterocycles. The molecule has 2 bridgehead atoms. The third-order valence-corrected chi connectivity index (χ3v) is 7.78. The third kappa shape index (κ3) is 2.49. The molecule has 1 saturated carbocycles. The zero-order valence-corrected chi connectivity index (χ0v) is 18.6. The average molecular weight is 458 g/mol. The molecule has 3 atom stereocenters. The zero-order chi connectivity index (χ0) is 21.6. The van der Waals surface area contributed by atoms with Gasteiger partial charge in [0.05, 0.1) is 21.3 Å². The number of aryl methyl sites for hydroxylation is 1. The predicted molar refractivity (Wildman–Crippen MR) is 123 cm³/mol. The summed E-state index contributed by atoms with van der Waals surface area (Å²) in [6.07, 6.45) is 3.96. The molecule has 1 saturated heterocycles. The topological polar surface area (TPSA) is 97.8 Å². The van der Waals surface area contributed by atoms with Crippen LogP contribution in [0.15, 0.2) is 23.1 Å². The van der Waals surface area contributed by atoms with E-state index in [2.05, 4.69) is 15.0 Å². The van der Waals surface area contributed by atoms with E-state index in [1.807, 2.05) is 12.1 Å². The molecule has 2 fully saturated rings. The first-order chi connectivity index (χ1) is 14.9. The summed E-state index contributed by atoms with van der Waals surface area (Å²) in [5, 5.41) is 6.46. The summed E-state index contributed by atoms with van der Waals surface area (Å²) in [7, 11) is 3.53. The van der Waals surface area contributed by atoms with E-state index in [0.29, 0.717) is 55.1 Å². The third-order valence-electron chi connectivity index (χ3n) is 6.96. The molecule has 1 aromatic carbocycles. The molecule has 6 rings (SSSR count). The van der Waals surface area contributed by atoms with E-state index in [-0.39, 0.29) is 17.6 Å².